The molecule has 0 radical (unpaired) electrons. The molecule has 2 saturated heterocycles. The molecule has 3 fully saturated rings. The van der Waals surface area contributed by atoms with Gasteiger partial charge in [-0.1, -0.05) is 31.4 Å². The summed E-state index contributed by atoms with van der Waals surface area (Å²) in [5, 5.41) is 7.09. The number of hydrogen-bond acceptors (Lipinski definition) is 4. The number of amides is 1. The van der Waals surface area contributed by atoms with Crippen LogP contribution in [0.5, 0.6) is 0 Å². The van der Waals surface area contributed by atoms with Gasteiger partial charge in [0.05, 0.1) is 13.2 Å². The number of guanidine groups is 1. The number of carbonyl (C=O) groups excluding carboxylic acids is 1. The molecule has 7 heteroatoms. The first-order valence-corrected chi connectivity index (χ1v) is 12.4. The summed E-state index contributed by atoms with van der Waals surface area (Å²) < 4.78 is 5.60. The Morgan fingerprint density at radius 2 is 1.75 bits per heavy atom. The van der Waals surface area contributed by atoms with E-state index in [1.807, 2.05) is 11.9 Å². The molecule has 1 amide bonds. The average molecular weight is 442 g/mol. The molecule has 1 aliphatic carbocycles. The predicted molar refractivity (Wildman–Crippen MR) is 129 cm³/mol. The van der Waals surface area contributed by atoms with Crippen LogP contribution in [0, 0.1) is 0 Å². The lowest BCUT2D eigenvalue weighted by molar-refractivity contribution is -0.119. The number of piperidine rings is 1. The third-order valence-electron chi connectivity index (χ3n) is 7.31. The maximum atomic E-state index is 12.2. The zero-order chi connectivity index (χ0) is 22.2. The molecule has 0 spiro atoms. The standard InChI is InChI=1S/C25H39N5O2/c1-26-24(28-20-25(12-4-2-5-13-25)29-15-17-32-18-16-29)27-19-21-8-10-22(11-9-21)30-14-6-3-7-23(30)31/h8-11H,2-7,12-20H2,1H3,(H2,26,27,28). The van der Waals surface area contributed by atoms with Crippen molar-refractivity contribution in [3.63, 3.8) is 0 Å². The zero-order valence-electron chi connectivity index (χ0n) is 19.6. The van der Waals surface area contributed by atoms with E-state index >= 15 is 0 Å². The molecular weight excluding hydrogens is 402 g/mol. The second-order valence-electron chi connectivity index (χ2n) is 9.33. The van der Waals surface area contributed by atoms with E-state index in [1.165, 1.54) is 37.7 Å². The third-order valence-corrected chi connectivity index (χ3v) is 7.31. The first-order chi connectivity index (χ1) is 15.7. The molecule has 1 aromatic carbocycles. The number of morpholine rings is 1. The molecule has 176 valence electrons. The molecule has 0 aromatic heterocycles. The quantitative estimate of drug-likeness (QED) is 0.525. The Labute approximate surface area is 192 Å². The van der Waals surface area contributed by atoms with Gasteiger partial charge in [-0.05, 0) is 43.4 Å². The van der Waals surface area contributed by atoms with E-state index in [0.29, 0.717) is 13.0 Å². The van der Waals surface area contributed by atoms with Gasteiger partial charge in [0.2, 0.25) is 5.91 Å². The lowest BCUT2D eigenvalue weighted by atomic mass is 9.80. The molecule has 7 nitrogen and oxygen atoms in total. The number of aliphatic imine (C=N–C) groups is 1. The topological polar surface area (TPSA) is 69.2 Å². The molecule has 0 unspecified atom stereocenters. The number of nitrogens with one attached hydrogen (secondary N) is 2. The van der Waals surface area contributed by atoms with E-state index in [0.717, 1.165) is 63.9 Å². The van der Waals surface area contributed by atoms with E-state index in [1.54, 1.807) is 0 Å². The highest BCUT2D eigenvalue weighted by molar-refractivity contribution is 5.93. The number of hydrogen-bond donors (Lipinski definition) is 2. The molecule has 3 aliphatic rings. The van der Waals surface area contributed by atoms with Crippen LogP contribution in [-0.4, -0.2) is 68.7 Å². The van der Waals surface area contributed by atoms with Gasteiger partial charge in [-0.25, -0.2) is 0 Å². The molecular formula is C25H39N5O2. The first kappa shape index (κ1) is 23.1. The third kappa shape index (κ3) is 5.62. The summed E-state index contributed by atoms with van der Waals surface area (Å²) in [5.41, 5.74) is 2.40. The van der Waals surface area contributed by atoms with Crippen molar-refractivity contribution in [2.24, 2.45) is 4.99 Å². The maximum Gasteiger partial charge on any atom is 0.226 e. The fraction of sp³-hybridized carbons (Fsp3) is 0.680. The lowest BCUT2D eigenvalue weighted by Crippen LogP contribution is -2.60. The Hall–Kier alpha value is -2.12. The number of nitrogens with zero attached hydrogens (tertiary/aromatic N) is 3. The maximum absolute atomic E-state index is 12.2. The fourth-order valence-electron chi connectivity index (χ4n) is 5.38. The number of benzene rings is 1. The molecule has 32 heavy (non-hydrogen) atoms. The van der Waals surface area contributed by atoms with E-state index in [-0.39, 0.29) is 11.4 Å². The molecule has 0 atom stereocenters. The van der Waals surface area contributed by atoms with E-state index in [9.17, 15) is 4.79 Å². The second kappa shape index (κ2) is 11.1. The van der Waals surface area contributed by atoms with Crippen LogP contribution < -0.4 is 15.5 Å². The van der Waals surface area contributed by atoms with Crippen LogP contribution in [0.25, 0.3) is 0 Å². The van der Waals surface area contributed by atoms with Crippen LogP contribution in [-0.2, 0) is 16.1 Å². The lowest BCUT2D eigenvalue weighted by Gasteiger charge is -2.48. The Morgan fingerprint density at radius 1 is 1.00 bits per heavy atom. The van der Waals surface area contributed by atoms with Crippen molar-refractivity contribution in [1.82, 2.24) is 15.5 Å². The van der Waals surface area contributed by atoms with Gasteiger partial charge in [0.25, 0.3) is 0 Å². The molecule has 2 heterocycles. The Balaban J connectivity index is 1.31. The first-order valence-electron chi connectivity index (χ1n) is 12.4. The van der Waals surface area contributed by atoms with Crippen molar-refractivity contribution in [2.45, 2.75) is 63.5 Å². The van der Waals surface area contributed by atoms with Gasteiger partial charge in [0.1, 0.15) is 0 Å². The summed E-state index contributed by atoms with van der Waals surface area (Å²) in [6.07, 6.45) is 9.20. The smallest absolute Gasteiger partial charge is 0.226 e. The minimum Gasteiger partial charge on any atom is -0.379 e. The van der Waals surface area contributed by atoms with Gasteiger partial charge in [0, 0.05) is 57.4 Å². The highest BCUT2D eigenvalue weighted by Gasteiger charge is 2.38. The van der Waals surface area contributed by atoms with Crippen molar-refractivity contribution in [1.29, 1.82) is 0 Å². The monoisotopic (exact) mass is 441 g/mol. The van der Waals surface area contributed by atoms with Crippen LogP contribution in [0.4, 0.5) is 5.69 Å². The number of rotatable bonds is 6. The van der Waals surface area contributed by atoms with Crippen molar-refractivity contribution >= 4 is 17.6 Å². The predicted octanol–water partition coefficient (Wildman–Crippen LogP) is 2.90. The van der Waals surface area contributed by atoms with Gasteiger partial charge in [-0.15, -0.1) is 0 Å². The number of anilines is 1. The summed E-state index contributed by atoms with van der Waals surface area (Å²) in [7, 11) is 1.84. The number of carbonyl (C=O) groups is 1. The minimum absolute atomic E-state index is 0.211. The van der Waals surface area contributed by atoms with Gasteiger partial charge >= 0.3 is 0 Å². The van der Waals surface area contributed by atoms with Crippen LogP contribution in [0.3, 0.4) is 0 Å². The van der Waals surface area contributed by atoms with Crippen molar-refractivity contribution in [2.75, 3.05) is 51.3 Å². The van der Waals surface area contributed by atoms with Crippen molar-refractivity contribution in [3.8, 4) is 0 Å². The van der Waals surface area contributed by atoms with Crippen LogP contribution >= 0.6 is 0 Å². The Bertz CT molecular complexity index is 767. The minimum atomic E-state index is 0.211. The van der Waals surface area contributed by atoms with Crippen molar-refractivity contribution in [3.05, 3.63) is 29.8 Å². The Morgan fingerprint density at radius 3 is 2.44 bits per heavy atom. The number of ether oxygens (including phenoxy) is 1. The summed E-state index contributed by atoms with van der Waals surface area (Å²) in [6.45, 7) is 6.19. The summed E-state index contributed by atoms with van der Waals surface area (Å²) in [5.74, 6) is 1.09. The summed E-state index contributed by atoms with van der Waals surface area (Å²) in [6, 6.07) is 8.33. The van der Waals surface area contributed by atoms with Gasteiger partial charge in [-0.2, -0.15) is 0 Å². The van der Waals surface area contributed by atoms with Gasteiger partial charge < -0.3 is 20.3 Å². The van der Waals surface area contributed by atoms with Gasteiger partial charge in [0.15, 0.2) is 5.96 Å². The molecule has 2 N–H and O–H groups in total. The molecule has 2 aliphatic heterocycles. The summed E-state index contributed by atoms with van der Waals surface area (Å²) in [4.78, 5) is 21.2. The van der Waals surface area contributed by atoms with E-state index in [2.05, 4.69) is 44.8 Å². The van der Waals surface area contributed by atoms with Gasteiger partial charge in [-0.3, -0.25) is 14.7 Å². The van der Waals surface area contributed by atoms with Crippen LogP contribution in [0.15, 0.2) is 29.3 Å². The van der Waals surface area contributed by atoms with E-state index in [4.69, 9.17) is 4.74 Å². The Kier molecular flexibility index (Phi) is 8.03. The molecule has 1 saturated carbocycles. The molecule has 1 aromatic rings. The summed E-state index contributed by atoms with van der Waals surface area (Å²) >= 11 is 0. The molecule has 0 bridgehead atoms. The zero-order valence-corrected chi connectivity index (χ0v) is 19.6. The highest BCUT2D eigenvalue weighted by atomic mass is 16.5. The highest BCUT2D eigenvalue weighted by Crippen LogP contribution is 2.33. The SMILES string of the molecule is CN=C(NCc1ccc(N2CCCCC2=O)cc1)NCC1(N2CCOCC2)CCCCC1. The molecule has 4 rings (SSSR count). The average Bonchev–Trinajstić information content (AvgIpc) is 2.86. The van der Waals surface area contributed by atoms with Crippen molar-refractivity contribution < 1.29 is 9.53 Å². The van der Waals surface area contributed by atoms with E-state index < -0.39 is 0 Å². The second-order valence-corrected chi connectivity index (χ2v) is 9.33. The van der Waals surface area contributed by atoms with Crippen LogP contribution in [0.1, 0.15) is 56.9 Å². The normalized spacial score (nSPS) is 22.6. The fourth-order valence-corrected chi connectivity index (χ4v) is 5.38. The largest absolute Gasteiger partial charge is 0.379 e. The van der Waals surface area contributed by atoms with Crippen LogP contribution in [0.2, 0.25) is 0 Å².